The number of aromatic nitrogens is 4. The average Bonchev–Trinajstić information content (AvgIpc) is 3.24. The average molecular weight is 363 g/mol. The Balaban J connectivity index is 1.69. The molecule has 3 heterocycles. The Morgan fingerprint density at radius 3 is 2.63 bits per heavy atom. The normalized spacial score (nSPS) is 14.3. The number of rotatable bonds is 3. The van der Waals surface area contributed by atoms with Gasteiger partial charge in [0.1, 0.15) is 6.04 Å². The van der Waals surface area contributed by atoms with Gasteiger partial charge in [-0.1, -0.05) is 18.2 Å². The molecule has 1 unspecified atom stereocenters. The van der Waals surface area contributed by atoms with Gasteiger partial charge in [0.15, 0.2) is 5.82 Å². The first-order valence-corrected chi connectivity index (χ1v) is 8.98. The maximum Gasteiger partial charge on any atom is 0.267 e. The van der Waals surface area contributed by atoms with Crippen LogP contribution in [-0.2, 0) is 11.2 Å². The van der Waals surface area contributed by atoms with Crippen LogP contribution in [0.3, 0.4) is 0 Å². The third kappa shape index (κ3) is 2.95. The van der Waals surface area contributed by atoms with Crippen LogP contribution in [0.1, 0.15) is 29.9 Å². The van der Waals surface area contributed by atoms with E-state index in [4.69, 9.17) is 0 Å². The first-order chi connectivity index (χ1) is 13.0. The maximum atomic E-state index is 13.1. The lowest BCUT2D eigenvalue weighted by Crippen LogP contribution is -2.39. The predicted octanol–water partition coefficient (Wildman–Crippen LogP) is 2.20. The molecule has 1 aliphatic heterocycles. The molecular weight excluding hydrogens is 342 g/mol. The van der Waals surface area contributed by atoms with Gasteiger partial charge in [-0.15, -0.1) is 5.10 Å². The molecular formula is C20H21N5O2. The zero-order valence-electron chi connectivity index (χ0n) is 15.6. The van der Waals surface area contributed by atoms with E-state index in [-0.39, 0.29) is 11.5 Å². The maximum absolute atomic E-state index is 13.1. The molecule has 7 heteroatoms. The van der Waals surface area contributed by atoms with Gasteiger partial charge in [0.05, 0.1) is 5.69 Å². The fourth-order valence-electron chi connectivity index (χ4n) is 3.56. The van der Waals surface area contributed by atoms with Gasteiger partial charge < -0.3 is 4.90 Å². The molecule has 138 valence electrons. The van der Waals surface area contributed by atoms with Crippen molar-refractivity contribution in [1.29, 1.82) is 0 Å². The van der Waals surface area contributed by atoms with Crippen molar-refractivity contribution in [2.75, 3.05) is 11.4 Å². The number of anilines is 1. The van der Waals surface area contributed by atoms with E-state index in [1.807, 2.05) is 44.2 Å². The molecule has 4 rings (SSSR count). The quantitative estimate of drug-likeness (QED) is 0.715. The van der Waals surface area contributed by atoms with Gasteiger partial charge in [0.25, 0.3) is 11.5 Å². The fraction of sp³-hybridized carbons (Fsp3) is 0.300. The van der Waals surface area contributed by atoms with Crippen LogP contribution in [0.5, 0.6) is 0 Å². The molecule has 2 aromatic heterocycles. The van der Waals surface area contributed by atoms with Crippen molar-refractivity contribution in [2.24, 2.45) is 0 Å². The number of nitrogens with zero attached hydrogens (tertiary/aromatic N) is 5. The molecule has 0 saturated carbocycles. The van der Waals surface area contributed by atoms with E-state index < -0.39 is 6.04 Å². The van der Waals surface area contributed by atoms with Gasteiger partial charge in [0.2, 0.25) is 0 Å². The summed E-state index contributed by atoms with van der Waals surface area (Å²) >= 11 is 0. The monoisotopic (exact) mass is 363 g/mol. The Labute approximate surface area is 156 Å². The van der Waals surface area contributed by atoms with Crippen LogP contribution in [0.15, 0.2) is 47.3 Å². The second-order valence-corrected chi connectivity index (χ2v) is 6.86. The summed E-state index contributed by atoms with van der Waals surface area (Å²) in [5.74, 6) is 0.377. The van der Waals surface area contributed by atoms with E-state index in [0.29, 0.717) is 12.4 Å². The molecule has 1 aromatic carbocycles. The van der Waals surface area contributed by atoms with Crippen molar-refractivity contribution in [1.82, 2.24) is 19.6 Å². The summed E-state index contributed by atoms with van der Waals surface area (Å²) in [6, 6.07) is 12.1. The van der Waals surface area contributed by atoms with Gasteiger partial charge >= 0.3 is 0 Å². The molecule has 0 saturated heterocycles. The van der Waals surface area contributed by atoms with Crippen LogP contribution in [0.4, 0.5) is 5.69 Å². The smallest absolute Gasteiger partial charge is 0.267 e. The summed E-state index contributed by atoms with van der Waals surface area (Å²) < 4.78 is 2.92. The fourth-order valence-corrected chi connectivity index (χ4v) is 3.56. The van der Waals surface area contributed by atoms with Crippen LogP contribution in [0, 0.1) is 13.8 Å². The Morgan fingerprint density at radius 2 is 1.89 bits per heavy atom. The van der Waals surface area contributed by atoms with Gasteiger partial charge in [-0.05, 0) is 51.0 Å². The highest BCUT2D eigenvalue weighted by Gasteiger charge is 2.29. The van der Waals surface area contributed by atoms with E-state index >= 15 is 0 Å². The lowest BCUT2D eigenvalue weighted by Gasteiger charge is -2.22. The Hall–Kier alpha value is -3.22. The highest BCUT2D eigenvalue weighted by Crippen LogP contribution is 2.29. The van der Waals surface area contributed by atoms with E-state index in [1.165, 1.54) is 10.7 Å². The topological polar surface area (TPSA) is 73.0 Å². The molecule has 27 heavy (non-hydrogen) atoms. The summed E-state index contributed by atoms with van der Waals surface area (Å²) in [4.78, 5) is 27.2. The zero-order valence-corrected chi connectivity index (χ0v) is 15.6. The molecule has 0 fully saturated rings. The minimum atomic E-state index is -0.708. The number of hydrogen-bond acceptors (Lipinski definition) is 4. The Kier molecular flexibility index (Phi) is 4.14. The molecule has 0 radical (unpaired) electrons. The van der Waals surface area contributed by atoms with E-state index in [9.17, 15) is 9.59 Å². The largest absolute Gasteiger partial charge is 0.310 e. The van der Waals surface area contributed by atoms with Crippen molar-refractivity contribution in [2.45, 2.75) is 33.2 Å². The van der Waals surface area contributed by atoms with Crippen LogP contribution < -0.4 is 10.5 Å². The summed E-state index contributed by atoms with van der Waals surface area (Å²) in [6.45, 7) is 6.15. The minimum Gasteiger partial charge on any atom is -0.310 e. The van der Waals surface area contributed by atoms with Crippen molar-refractivity contribution in [3.8, 4) is 5.82 Å². The minimum absolute atomic E-state index is 0.139. The lowest BCUT2D eigenvalue weighted by molar-refractivity contribution is -0.121. The molecule has 3 aromatic rings. The van der Waals surface area contributed by atoms with Gasteiger partial charge in [-0.3, -0.25) is 9.59 Å². The molecule has 1 aliphatic rings. The summed E-state index contributed by atoms with van der Waals surface area (Å²) in [5.41, 5.74) is 3.53. The third-order valence-corrected chi connectivity index (χ3v) is 4.92. The molecule has 0 spiro atoms. The van der Waals surface area contributed by atoms with Crippen LogP contribution in [0.25, 0.3) is 5.82 Å². The standard InChI is InChI=1S/C20H21N5O2/c1-13-12-14(2)24(21-13)18-8-9-19(26)25(22-18)15(3)20(27)23-11-10-16-6-4-5-7-17(16)23/h4-9,12,15H,10-11H2,1-3H3. The number of benzene rings is 1. The molecule has 1 atom stereocenters. The van der Waals surface area contributed by atoms with Crippen molar-refractivity contribution in [3.63, 3.8) is 0 Å². The number of hydrogen-bond donors (Lipinski definition) is 0. The highest BCUT2D eigenvalue weighted by atomic mass is 16.2. The van der Waals surface area contributed by atoms with Crippen molar-refractivity contribution < 1.29 is 4.79 Å². The first kappa shape index (κ1) is 17.2. The van der Waals surface area contributed by atoms with Crippen molar-refractivity contribution in [3.05, 3.63) is 69.8 Å². The molecule has 0 aliphatic carbocycles. The van der Waals surface area contributed by atoms with E-state index in [2.05, 4.69) is 10.2 Å². The summed E-state index contributed by atoms with van der Waals surface area (Å²) in [5, 5.41) is 8.83. The number of carbonyl (C=O) groups excluding carboxylic acids is 1. The highest BCUT2D eigenvalue weighted by molar-refractivity contribution is 5.97. The zero-order chi connectivity index (χ0) is 19.1. The molecule has 7 nitrogen and oxygen atoms in total. The van der Waals surface area contributed by atoms with Crippen molar-refractivity contribution >= 4 is 11.6 Å². The summed E-state index contributed by atoms with van der Waals surface area (Å²) in [6.07, 6.45) is 0.822. The summed E-state index contributed by atoms with van der Waals surface area (Å²) in [7, 11) is 0. The number of fused-ring (bicyclic) bond motifs is 1. The second kappa shape index (κ2) is 6.50. The number of amides is 1. The number of para-hydroxylation sites is 1. The number of aryl methyl sites for hydroxylation is 2. The van der Waals surface area contributed by atoms with Gasteiger partial charge in [-0.25, -0.2) is 9.36 Å². The predicted molar refractivity (Wildman–Crippen MR) is 102 cm³/mol. The molecule has 0 bridgehead atoms. The molecule has 1 amide bonds. The van der Waals surface area contributed by atoms with Gasteiger partial charge in [-0.2, -0.15) is 5.10 Å². The van der Waals surface area contributed by atoms with Crippen LogP contribution >= 0.6 is 0 Å². The lowest BCUT2D eigenvalue weighted by atomic mass is 10.2. The second-order valence-electron chi connectivity index (χ2n) is 6.86. The SMILES string of the molecule is Cc1cc(C)n(-c2ccc(=O)n(C(C)C(=O)N3CCc4ccccc43)n2)n1. The molecule has 0 N–H and O–H groups in total. The first-order valence-electron chi connectivity index (χ1n) is 8.98. The Morgan fingerprint density at radius 1 is 1.11 bits per heavy atom. The van der Waals surface area contributed by atoms with Crippen LogP contribution in [-0.4, -0.2) is 32.0 Å². The number of carbonyl (C=O) groups is 1. The van der Waals surface area contributed by atoms with E-state index in [1.54, 1.807) is 22.6 Å². The van der Waals surface area contributed by atoms with E-state index in [0.717, 1.165) is 29.1 Å². The Bertz CT molecular complexity index is 1080. The van der Waals surface area contributed by atoms with Gasteiger partial charge in [0, 0.05) is 24.0 Å². The van der Waals surface area contributed by atoms with Crippen LogP contribution in [0.2, 0.25) is 0 Å². The third-order valence-electron chi connectivity index (χ3n) is 4.92.